The maximum Gasteiger partial charge on any atom is 0.242 e. The van der Waals surface area contributed by atoms with Crippen LogP contribution in [0.2, 0.25) is 0 Å². The lowest BCUT2D eigenvalue weighted by atomic mass is 9.83. The number of nitrogens with two attached hydrogens (primary N) is 1. The summed E-state index contributed by atoms with van der Waals surface area (Å²) in [7, 11) is 1.59. The van der Waals surface area contributed by atoms with E-state index < -0.39 is 12.1 Å². The molecule has 2 amide bonds. The fourth-order valence-corrected chi connectivity index (χ4v) is 2.31. The molecular weight excluding hydrogens is 218 g/mol. The van der Waals surface area contributed by atoms with E-state index in [1.165, 1.54) is 6.42 Å². The molecule has 0 aliphatic heterocycles. The molecule has 2 atom stereocenters. The van der Waals surface area contributed by atoms with Gasteiger partial charge in [-0.3, -0.25) is 9.59 Å². The minimum Gasteiger partial charge on any atom is -0.357 e. The molecule has 0 bridgehead atoms. The lowest BCUT2D eigenvalue weighted by Crippen LogP contribution is -2.53. The Morgan fingerprint density at radius 3 is 2.24 bits per heavy atom. The number of likely N-dealkylation sites (N-methyl/N-ethyl adjacent to an activating group) is 1. The van der Waals surface area contributed by atoms with Gasteiger partial charge >= 0.3 is 0 Å². The molecule has 98 valence electrons. The van der Waals surface area contributed by atoms with Crippen LogP contribution in [0.3, 0.4) is 0 Å². The fraction of sp³-hybridized carbons (Fsp3) is 0.833. The molecular formula is C12H23N3O2. The van der Waals surface area contributed by atoms with Crippen molar-refractivity contribution in [2.75, 3.05) is 7.05 Å². The molecule has 0 aromatic rings. The van der Waals surface area contributed by atoms with Crippen LogP contribution in [-0.2, 0) is 9.59 Å². The van der Waals surface area contributed by atoms with E-state index in [0.29, 0.717) is 0 Å². The zero-order valence-electron chi connectivity index (χ0n) is 10.7. The summed E-state index contributed by atoms with van der Waals surface area (Å²) in [6.45, 7) is 1.62. The van der Waals surface area contributed by atoms with Crippen molar-refractivity contribution in [1.82, 2.24) is 10.6 Å². The minimum absolute atomic E-state index is 0.120. The van der Waals surface area contributed by atoms with Crippen molar-refractivity contribution < 1.29 is 9.59 Å². The zero-order valence-corrected chi connectivity index (χ0v) is 10.7. The molecule has 1 unspecified atom stereocenters. The van der Waals surface area contributed by atoms with E-state index in [2.05, 4.69) is 10.6 Å². The predicted molar refractivity (Wildman–Crippen MR) is 66.2 cm³/mol. The summed E-state index contributed by atoms with van der Waals surface area (Å²) >= 11 is 0. The van der Waals surface area contributed by atoms with Crippen LogP contribution in [0.25, 0.3) is 0 Å². The Labute approximate surface area is 103 Å². The van der Waals surface area contributed by atoms with E-state index >= 15 is 0 Å². The number of rotatable bonds is 4. The highest BCUT2D eigenvalue weighted by atomic mass is 16.2. The lowest BCUT2D eigenvalue weighted by Gasteiger charge is -2.30. The van der Waals surface area contributed by atoms with Gasteiger partial charge in [-0.25, -0.2) is 0 Å². The third-order valence-corrected chi connectivity index (χ3v) is 3.36. The van der Waals surface area contributed by atoms with Gasteiger partial charge in [-0.2, -0.15) is 0 Å². The van der Waals surface area contributed by atoms with E-state index in [1.54, 1.807) is 14.0 Å². The van der Waals surface area contributed by atoms with Gasteiger partial charge in [-0.1, -0.05) is 19.3 Å². The van der Waals surface area contributed by atoms with Gasteiger partial charge in [0.05, 0.1) is 6.04 Å². The van der Waals surface area contributed by atoms with Gasteiger partial charge in [0.2, 0.25) is 11.8 Å². The van der Waals surface area contributed by atoms with Gasteiger partial charge in [0.25, 0.3) is 0 Å². The monoisotopic (exact) mass is 241 g/mol. The number of amides is 2. The van der Waals surface area contributed by atoms with Crippen molar-refractivity contribution in [2.45, 2.75) is 51.1 Å². The Morgan fingerprint density at radius 1 is 1.18 bits per heavy atom. The number of carbonyl (C=O) groups is 2. The standard InChI is InChI=1S/C12H23N3O2/c1-8(13)11(16)15-10(12(17)14-2)9-6-4-3-5-7-9/h8-10H,3-7,13H2,1-2H3,(H,14,17)(H,15,16)/t8-,10?/m0/s1. The molecule has 17 heavy (non-hydrogen) atoms. The molecule has 1 aliphatic carbocycles. The molecule has 0 saturated heterocycles. The predicted octanol–water partition coefficient (Wildman–Crippen LogP) is 0.145. The molecule has 5 heteroatoms. The van der Waals surface area contributed by atoms with Crippen LogP contribution in [0.1, 0.15) is 39.0 Å². The van der Waals surface area contributed by atoms with Crippen LogP contribution < -0.4 is 16.4 Å². The van der Waals surface area contributed by atoms with Gasteiger partial charge in [0.15, 0.2) is 0 Å². The average Bonchev–Trinajstić information content (AvgIpc) is 2.35. The van der Waals surface area contributed by atoms with Crippen LogP contribution in [0.4, 0.5) is 0 Å². The van der Waals surface area contributed by atoms with E-state index in [-0.39, 0.29) is 17.7 Å². The number of nitrogens with one attached hydrogen (secondary N) is 2. The highest BCUT2D eigenvalue weighted by molar-refractivity contribution is 5.89. The molecule has 1 aliphatic rings. The molecule has 1 saturated carbocycles. The first kappa shape index (κ1) is 14.0. The van der Waals surface area contributed by atoms with Crippen molar-refractivity contribution in [2.24, 2.45) is 11.7 Å². The van der Waals surface area contributed by atoms with E-state index in [4.69, 9.17) is 5.73 Å². The summed E-state index contributed by atoms with van der Waals surface area (Å²) in [5.41, 5.74) is 5.51. The summed E-state index contributed by atoms with van der Waals surface area (Å²) in [5.74, 6) is -0.138. The third kappa shape index (κ3) is 4.00. The van der Waals surface area contributed by atoms with Crippen molar-refractivity contribution in [3.05, 3.63) is 0 Å². The number of hydrogen-bond acceptors (Lipinski definition) is 3. The van der Waals surface area contributed by atoms with Crippen LogP contribution >= 0.6 is 0 Å². The minimum atomic E-state index is -0.578. The quantitative estimate of drug-likeness (QED) is 0.655. The van der Waals surface area contributed by atoms with Gasteiger partial charge < -0.3 is 16.4 Å². The first-order valence-corrected chi connectivity index (χ1v) is 6.33. The summed E-state index contributed by atoms with van der Waals surface area (Å²) in [6.07, 6.45) is 5.48. The molecule has 1 fully saturated rings. The lowest BCUT2D eigenvalue weighted by molar-refractivity contribution is -0.130. The Morgan fingerprint density at radius 2 is 1.76 bits per heavy atom. The third-order valence-electron chi connectivity index (χ3n) is 3.36. The smallest absolute Gasteiger partial charge is 0.242 e. The largest absolute Gasteiger partial charge is 0.357 e. The average molecular weight is 241 g/mol. The molecule has 4 N–H and O–H groups in total. The summed E-state index contributed by atoms with van der Waals surface area (Å²) in [5, 5.41) is 5.37. The van der Waals surface area contributed by atoms with Gasteiger partial charge in [-0.05, 0) is 25.7 Å². The summed E-state index contributed by atoms with van der Waals surface area (Å²) in [4.78, 5) is 23.4. The van der Waals surface area contributed by atoms with Crippen LogP contribution in [0.5, 0.6) is 0 Å². The molecule has 0 aromatic carbocycles. The Kier molecular flexibility index (Phi) is 5.41. The molecule has 1 rings (SSSR count). The first-order chi connectivity index (χ1) is 8.06. The topological polar surface area (TPSA) is 84.2 Å². The van der Waals surface area contributed by atoms with E-state index in [9.17, 15) is 9.59 Å². The molecule has 0 spiro atoms. The second-order valence-corrected chi connectivity index (χ2v) is 4.79. The van der Waals surface area contributed by atoms with Gasteiger partial charge in [0, 0.05) is 7.05 Å². The van der Waals surface area contributed by atoms with E-state index in [1.807, 2.05) is 0 Å². The first-order valence-electron chi connectivity index (χ1n) is 6.33. The van der Waals surface area contributed by atoms with Crippen molar-refractivity contribution >= 4 is 11.8 Å². The normalized spacial score (nSPS) is 20.4. The maximum absolute atomic E-state index is 11.8. The zero-order chi connectivity index (χ0) is 12.8. The van der Waals surface area contributed by atoms with E-state index in [0.717, 1.165) is 25.7 Å². The molecule has 0 heterocycles. The van der Waals surface area contributed by atoms with Crippen LogP contribution in [0.15, 0.2) is 0 Å². The molecule has 0 radical (unpaired) electrons. The Bertz CT molecular complexity index is 273. The molecule has 5 nitrogen and oxygen atoms in total. The summed E-state index contributed by atoms with van der Waals surface area (Å²) < 4.78 is 0. The Balaban J connectivity index is 2.65. The molecule has 0 aromatic heterocycles. The second kappa shape index (κ2) is 6.59. The van der Waals surface area contributed by atoms with Crippen LogP contribution in [-0.4, -0.2) is 30.9 Å². The van der Waals surface area contributed by atoms with Crippen molar-refractivity contribution in [3.63, 3.8) is 0 Å². The van der Waals surface area contributed by atoms with Crippen LogP contribution in [0, 0.1) is 5.92 Å². The Hall–Kier alpha value is -1.10. The van der Waals surface area contributed by atoms with Gasteiger partial charge in [0.1, 0.15) is 6.04 Å². The fourth-order valence-electron chi connectivity index (χ4n) is 2.31. The number of hydrogen-bond donors (Lipinski definition) is 3. The second-order valence-electron chi connectivity index (χ2n) is 4.79. The maximum atomic E-state index is 11.8. The van der Waals surface area contributed by atoms with Crippen molar-refractivity contribution in [3.8, 4) is 0 Å². The van der Waals surface area contributed by atoms with Crippen molar-refractivity contribution in [1.29, 1.82) is 0 Å². The number of carbonyl (C=O) groups excluding carboxylic acids is 2. The summed E-state index contributed by atoms with van der Waals surface area (Å²) in [6, 6.07) is -1.01. The highest BCUT2D eigenvalue weighted by Crippen LogP contribution is 2.26. The highest BCUT2D eigenvalue weighted by Gasteiger charge is 2.30. The SMILES string of the molecule is CNC(=O)C(NC(=O)[C@H](C)N)C1CCCCC1. The van der Waals surface area contributed by atoms with Gasteiger partial charge in [-0.15, -0.1) is 0 Å².